The Morgan fingerprint density at radius 3 is 2.92 bits per heavy atom. The van der Waals surface area contributed by atoms with Gasteiger partial charge in [0.05, 0.1) is 17.8 Å². The molecule has 2 aromatic heterocycles. The Morgan fingerprint density at radius 1 is 1.46 bits per heavy atom. The standard InChI is InChI=1S/C18H27N5O3/c1-4-8-23-16(5-7-19-23)18(25)20-15-6-9-22(11-17(15)24)10-14-12(2)21-26-13(14)3/h5,7,15,17,24H,4,6,8-11H2,1-3H3,(H,20,25)/t15-,17-/m1/s1. The van der Waals surface area contributed by atoms with Crippen LogP contribution in [-0.4, -0.2) is 56.1 Å². The third kappa shape index (κ3) is 3.96. The highest BCUT2D eigenvalue weighted by molar-refractivity contribution is 5.92. The second-order valence-electron chi connectivity index (χ2n) is 6.91. The monoisotopic (exact) mass is 361 g/mol. The minimum Gasteiger partial charge on any atom is -0.390 e. The maximum Gasteiger partial charge on any atom is 0.269 e. The molecule has 26 heavy (non-hydrogen) atoms. The Labute approximate surface area is 153 Å². The summed E-state index contributed by atoms with van der Waals surface area (Å²) in [5, 5.41) is 21.6. The highest BCUT2D eigenvalue weighted by Gasteiger charge is 2.30. The topological polar surface area (TPSA) is 96.4 Å². The number of aromatic nitrogens is 3. The van der Waals surface area contributed by atoms with Crippen molar-refractivity contribution < 1.29 is 14.4 Å². The van der Waals surface area contributed by atoms with E-state index in [-0.39, 0.29) is 11.9 Å². The normalized spacial score (nSPS) is 21.1. The van der Waals surface area contributed by atoms with Gasteiger partial charge < -0.3 is 14.9 Å². The summed E-state index contributed by atoms with van der Waals surface area (Å²) in [6, 6.07) is 1.46. The number of piperidine rings is 1. The number of nitrogens with zero attached hydrogens (tertiary/aromatic N) is 4. The Hall–Kier alpha value is -2.19. The Morgan fingerprint density at radius 2 is 2.27 bits per heavy atom. The van der Waals surface area contributed by atoms with Crippen LogP contribution in [-0.2, 0) is 13.1 Å². The van der Waals surface area contributed by atoms with Gasteiger partial charge in [0.1, 0.15) is 11.5 Å². The van der Waals surface area contributed by atoms with Crippen molar-refractivity contribution in [3.63, 3.8) is 0 Å². The van der Waals surface area contributed by atoms with Crippen LogP contribution in [0.15, 0.2) is 16.8 Å². The molecule has 0 bridgehead atoms. The lowest BCUT2D eigenvalue weighted by atomic mass is 10.0. The first kappa shape index (κ1) is 18.6. The molecule has 142 valence electrons. The number of aliphatic hydroxyl groups excluding tert-OH is 1. The van der Waals surface area contributed by atoms with Gasteiger partial charge in [0.2, 0.25) is 0 Å². The predicted octanol–water partition coefficient (Wildman–Crippen LogP) is 1.26. The second kappa shape index (κ2) is 8.01. The number of β-amino-alcohol motifs (C(OH)–C–C–N with tert-alkyl or cyclic N) is 1. The number of carbonyl (C=O) groups excluding carboxylic acids is 1. The molecule has 0 spiro atoms. The molecule has 1 aliphatic rings. The van der Waals surface area contributed by atoms with E-state index in [2.05, 4.69) is 20.5 Å². The molecule has 1 amide bonds. The van der Waals surface area contributed by atoms with Gasteiger partial charge in [0.15, 0.2) is 0 Å². The summed E-state index contributed by atoms with van der Waals surface area (Å²) in [5.74, 6) is 0.635. The van der Waals surface area contributed by atoms with Crippen LogP contribution in [0.2, 0.25) is 0 Å². The van der Waals surface area contributed by atoms with Crippen LogP contribution in [0.3, 0.4) is 0 Å². The Balaban J connectivity index is 1.57. The molecule has 2 atom stereocenters. The molecule has 8 heteroatoms. The van der Waals surface area contributed by atoms with Crippen LogP contribution in [0.25, 0.3) is 0 Å². The van der Waals surface area contributed by atoms with Gasteiger partial charge in [0.25, 0.3) is 5.91 Å². The fraction of sp³-hybridized carbons (Fsp3) is 0.611. The second-order valence-corrected chi connectivity index (χ2v) is 6.91. The predicted molar refractivity (Wildman–Crippen MR) is 95.7 cm³/mol. The number of carbonyl (C=O) groups is 1. The number of aliphatic hydroxyl groups is 1. The Bertz CT molecular complexity index is 734. The number of hydrogen-bond acceptors (Lipinski definition) is 6. The zero-order valence-electron chi connectivity index (χ0n) is 15.6. The largest absolute Gasteiger partial charge is 0.390 e. The number of aryl methyl sites for hydroxylation is 3. The average molecular weight is 361 g/mol. The number of hydrogen-bond donors (Lipinski definition) is 2. The zero-order chi connectivity index (χ0) is 18.7. The summed E-state index contributed by atoms with van der Waals surface area (Å²) < 4.78 is 6.91. The molecule has 2 aromatic rings. The summed E-state index contributed by atoms with van der Waals surface area (Å²) in [6.45, 7) is 8.56. The summed E-state index contributed by atoms with van der Waals surface area (Å²) in [7, 11) is 0. The highest BCUT2D eigenvalue weighted by Crippen LogP contribution is 2.19. The zero-order valence-corrected chi connectivity index (χ0v) is 15.6. The van der Waals surface area contributed by atoms with Crippen LogP contribution in [0.1, 0.15) is 47.3 Å². The summed E-state index contributed by atoms with van der Waals surface area (Å²) in [6.07, 6.45) is 2.62. The lowest BCUT2D eigenvalue weighted by molar-refractivity contribution is 0.0345. The van der Waals surface area contributed by atoms with Crippen LogP contribution < -0.4 is 5.32 Å². The molecule has 0 unspecified atom stereocenters. The van der Waals surface area contributed by atoms with Crippen LogP contribution >= 0.6 is 0 Å². The Kier molecular flexibility index (Phi) is 5.73. The fourth-order valence-electron chi connectivity index (χ4n) is 3.42. The first-order valence-corrected chi connectivity index (χ1v) is 9.14. The van der Waals surface area contributed by atoms with Crippen molar-refractivity contribution in [1.82, 2.24) is 25.2 Å². The van der Waals surface area contributed by atoms with E-state index in [9.17, 15) is 9.90 Å². The molecule has 0 aliphatic carbocycles. The number of rotatable bonds is 6. The molecule has 0 radical (unpaired) electrons. The first-order chi connectivity index (χ1) is 12.5. The van der Waals surface area contributed by atoms with Gasteiger partial charge in [-0.3, -0.25) is 14.4 Å². The maximum absolute atomic E-state index is 12.5. The van der Waals surface area contributed by atoms with E-state index in [1.807, 2.05) is 20.8 Å². The van der Waals surface area contributed by atoms with Gasteiger partial charge in [-0.05, 0) is 32.8 Å². The van der Waals surface area contributed by atoms with Crippen molar-refractivity contribution in [2.45, 2.75) is 58.8 Å². The van der Waals surface area contributed by atoms with E-state index in [1.165, 1.54) is 0 Å². The smallest absolute Gasteiger partial charge is 0.269 e. The number of nitrogens with one attached hydrogen (secondary N) is 1. The molecule has 0 aromatic carbocycles. The molecule has 3 rings (SSSR count). The van der Waals surface area contributed by atoms with Crippen LogP contribution in [0, 0.1) is 13.8 Å². The van der Waals surface area contributed by atoms with E-state index in [1.54, 1.807) is 16.9 Å². The van der Waals surface area contributed by atoms with Gasteiger partial charge in [-0.25, -0.2) is 0 Å². The molecule has 3 heterocycles. The summed E-state index contributed by atoms with van der Waals surface area (Å²) in [5.41, 5.74) is 2.50. The van der Waals surface area contributed by atoms with Crippen LogP contribution in [0.5, 0.6) is 0 Å². The van der Waals surface area contributed by atoms with Crippen molar-refractivity contribution in [2.24, 2.45) is 0 Å². The SMILES string of the molecule is CCCn1nccc1C(=O)N[C@@H]1CCN(Cc2c(C)noc2C)C[C@H]1O. The minimum atomic E-state index is -0.615. The third-order valence-corrected chi connectivity index (χ3v) is 4.93. The highest BCUT2D eigenvalue weighted by atomic mass is 16.5. The van der Waals surface area contributed by atoms with Gasteiger partial charge in [0, 0.05) is 37.9 Å². The average Bonchev–Trinajstić information content (AvgIpc) is 3.19. The fourth-order valence-corrected chi connectivity index (χ4v) is 3.42. The van der Waals surface area contributed by atoms with Crippen LogP contribution in [0.4, 0.5) is 0 Å². The van der Waals surface area contributed by atoms with Gasteiger partial charge in [-0.15, -0.1) is 0 Å². The van der Waals surface area contributed by atoms with Crippen molar-refractivity contribution in [3.05, 3.63) is 35.0 Å². The molecule has 2 N–H and O–H groups in total. The quantitative estimate of drug-likeness (QED) is 0.804. The molecular weight excluding hydrogens is 334 g/mol. The molecular formula is C18H27N5O3. The summed E-state index contributed by atoms with van der Waals surface area (Å²) in [4.78, 5) is 14.7. The van der Waals surface area contributed by atoms with E-state index < -0.39 is 6.10 Å². The van der Waals surface area contributed by atoms with E-state index >= 15 is 0 Å². The minimum absolute atomic E-state index is 0.181. The lowest BCUT2D eigenvalue weighted by Gasteiger charge is -2.36. The molecule has 1 aliphatic heterocycles. The lowest BCUT2D eigenvalue weighted by Crippen LogP contribution is -2.54. The number of likely N-dealkylation sites (tertiary alicyclic amines) is 1. The first-order valence-electron chi connectivity index (χ1n) is 9.14. The third-order valence-electron chi connectivity index (χ3n) is 4.93. The summed E-state index contributed by atoms with van der Waals surface area (Å²) >= 11 is 0. The van der Waals surface area contributed by atoms with Crippen molar-refractivity contribution >= 4 is 5.91 Å². The number of amides is 1. The molecule has 8 nitrogen and oxygen atoms in total. The van der Waals surface area contributed by atoms with Gasteiger partial charge in [-0.2, -0.15) is 5.10 Å². The van der Waals surface area contributed by atoms with Crippen molar-refractivity contribution in [2.75, 3.05) is 13.1 Å². The molecule has 1 fully saturated rings. The van der Waals surface area contributed by atoms with Crippen molar-refractivity contribution in [3.8, 4) is 0 Å². The van der Waals surface area contributed by atoms with E-state index in [0.29, 0.717) is 31.7 Å². The van der Waals surface area contributed by atoms with E-state index in [0.717, 1.165) is 30.0 Å². The van der Waals surface area contributed by atoms with E-state index in [4.69, 9.17) is 4.52 Å². The van der Waals surface area contributed by atoms with Gasteiger partial charge in [-0.1, -0.05) is 12.1 Å². The molecule has 1 saturated heterocycles. The maximum atomic E-state index is 12.5. The van der Waals surface area contributed by atoms with Crippen molar-refractivity contribution in [1.29, 1.82) is 0 Å². The van der Waals surface area contributed by atoms with Gasteiger partial charge >= 0.3 is 0 Å². The molecule has 0 saturated carbocycles.